The molecule has 4 heteroatoms. The largest absolute Gasteiger partial charge is 0.480 e. The third-order valence-corrected chi connectivity index (χ3v) is 4.28. The van der Waals surface area contributed by atoms with Gasteiger partial charge in [0.05, 0.1) is 0 Å². The number of hydrogen-bond acceptors (Lipinski definition) is 2. The summed E-state index contributed by atoms with van der Waals surface area (Å²) < 4.78 is 14.1. The first-order valence-corrected chi connectivity index (χ1v) is 7.36. The Balaban J connectivity index is 2.34. The van der Waals surface area contributed by atoms with E-state index in [0.29, 0.717) is 6.42 Å². The van der Waals surface area contributed by atoms with Crippen molar-refractivity contribution >= 4 is 5.97 Å². The third kappa shape index (κ3) is 2.85. The van der Waals surface area contributed by atoms with Crippen LogP contribution in [0.4, 0.5) is 4.39 Å². The highest BCUT2D eigenvalue weighted by atomic mass is 19.1. The Morgan fingerprint density at radius 2 is 2.00 bits per heavy atom. The molecular weight excluding hydrogens is 257 g/mol. The lowest BCUT2D eigenvalue weighted by Crippen LogP contribution is -2.54. The fourth-order valence-corrected chi connectivity index (χ4v) is 3.10. The number of benzene rings is 1. The van der Waals surface area contributed by atoms with E-state index in [-0.39, 0.29) is 11.6 Å². The maximum Gasteiger partial charge on any atom is 0.328 e. The van der Waals surface area contributed by atoms with Gasteiger partial charge in [0.25, 0.3) is 0 Å². The molecular formula is C16H22FNO2. The van der Waals surface area contributed by atoms with Gasteiger partial charge >= 0.3 is 5.97 Å². The molecule has 1 aromatic rings. The van der Waals surface area contributed by atoms with Gasteiger partial charge in [-0.05, 0) is 25.3 Å². The summed E-state index contributed by atoms with van der Waals surface area (Å²) in [6.45, 7) is 1.79. The van der Waals surface area contributed by atoms with Crippen LogP contribution in [-0.2, 0) is 10.3 Å². The number of aliphatic carboxylic acids is 1. The zero-order valence-corrected chi connectivity index (χ0v) is 11.9. The standard InChI is InChI=1S/C16H22FNO2/c1-2-16(15(19)20,13-10-6-7-11-14(13)17)18-12-8-4-3-5-9-12/h6-7,10-12,18H,2-5,8-9H2,1H3,(H,19,20). The molecule has 2 rings (SSSR count). The zero-order valence-electron chi connectivity index (χ0n) is 11.9. The van der Waals surface area contributed by atoms with Gasteiger partial charge in [-0.2, -0.15) is 0 Å². The Labute approximate surface area is 119 Å². The Hall–Kier alpha value is -1.42. The van der Waals surface area contributed by atoms with E-state index in [0.717, 1.165) is 25.7 Å². The van der Waals surface area contributed by atoms with Crippen LogP contribution in [0.15, 0.2) is 24.3 Å². The molecule has 3 nitrogen and oxygen atoms in total. The van der Waals surface area contributed by atoms with Gasteiger partial charge < -0.3 is 5.11 Å². The third-order valence-electron chi connectivity index (χ3n) is 4.28. The van der Waals surface area contributed by atoms with Crippen LogP contribution < -0.4 is 5.32 Å². The minimum Gasteiger partial charge on any atom is -0.480 e. The fourth-order valence-electron chi connectivity index (χ4n) is 3.10. The van der Waals surface area contributed by atoms with Crippen molar-refractivity contribution in [1.82, 2.24) is 5.32 Å². The van der Waals surface area contributed by atoms with E-state index in [4.69, 9.17) is 0 Å². The smallest absolute Gasteiger partial charge is 0.328 e. The van der Waals surface area contributed by atoms with E-state index in [1.165, 1.54) is 12.5 Å². The summed E-state index contributed by atoms with van der Waals surface area (Å²) in [5.41, 5.74) is -1.09. The van der Waals surface area contributed by atoms with Crippen molar-refractivity contribution in [2.75, 3.05) is 0 Å². The highest BCUT2D eigenvalue weighted by Crippen LogP contribution is 2.31. The molecule has 0 amide bonds. The molecule has 1 aromatic carbocycles. The average molecular weight is 279 g/mol. The van der Waals surface area contributed by atoms with Crippen LogP contribution in [0.2, 0.25) is 0 Å². The molecule has 110 valence electrons. The molecule has 1 saturated carbocycles. The monoisotopic (exact) mass is 279 g/mol. The van der Waals surface area contributed by atoms with Crippen LogP contribution in [0.3, 0.4) is 0 Å². The molecule has 0 bridgehead atoms. The summed E-state index contributed by atoms with van der Waals surface area (Å²) in [5.74, 6) is -1.46. The quantitative estimate of drug-likeness (QED) is 0.868. The van der Waals surface area contributed by atoms with Crippen molar-refractivity contribution in [2.45, 2.75) is 57.0 Å². The van der Waals surface area contributed by atoms with Crippen molar-refractivity contribution in [3.63, 3.8) is 0 Å². The summed E-state index contributed by atoms with van der Waals surface area (Å²) in [6.07, 6.45) is 5.65. The Kier molecular flexibility index (Phi) is 4.76. The van der Waals surface area contributed by atoms with Crippen molar-refractivity contribution in [3.05, 3.63) is 35.6 Å². The van der Waals surface area contributed by atoms with Crippen LogP contribution in [0.1, 0.15) is 51.0 Å². The molecule has 1 atom stereocenters. The lowest BCUT2D eigenvalue weighted by molar-refractivity contribution is -0.146. The van der Waals surface area contributed by atoms with E-state index >= 15 is 0 Å². The number of halogens is 1. The van der Waals surface area contributed by atoms with Gasteiger partial charge in [-0.1, -0.05) is 44.4 Å². The first kappa shape index (κ1) is 15.0. The molecule has 1 aliphatic carbocycles. The number of carboxylic acids is 1. The molecule has 20 heavy (non-hydrogen) atoms. The van der Waals surface area contributed by atoms with Crippen LogP contribution in [0.25, 0.3) is 0 Å². The Bertz CT molecular complexity index is 471. The van der Waals surface area contributed by atoms with E-state index in [1.807, 2.05) is 0 Å². The maximum atomic E-state index is 14.1. The van der Waals surface area contributed by atoms with Crippen molar-refractivity contribution in [3.8, 4) is 0 Å². The Morgan fingerprint density at radius 3 is 2.55 bits per heavy atom. The normalized spacial score (nSPS) is 19.5. The second-order valence-corrected chi connectivity index (χ2v) is 5.52. The molecule has 2 N–H and O–H groups in total. The van der Waals surface area contributed by atoms with Crippen molar-refractivity contribution in [1.29, 1.82) is 0 Å². The fraction of sp³-hybridized carbons (Fsp3) is 0.562. The first-order chi connectivity index (χ1) is 9.60. The van der Waals surface area contributed by atoms with Crippen LogP contribution in [0.5, 0.6) is 0 Å². The van der Waals surface area contributed by atoms with Crippen LogP contribution in [-0.4, -0.2) is 17.1 Å². The summed E-state index contributed by atoms with van der Waals surface area (Å²) in [5, 5.41) is 12.9. The molecule has 0 aliphatic heterocycles. The molecule has 0 aromatic heterocycles. The molecule has 1 unspecified atom stereocenters. The van der Waals surface area contributed by atoms with Crippen LogP contribution in [0, 0.1) is 5.82 Å². The lowest BCUT2D eigenvalue weighted by Gasteiger charge is -2.36. The molecule has 0 radical (unpaired) electrons. The molecule has 0 saturated heterocycles. The van der Waals surface area contributed by atoms with E-state index in [1.54, 1.807) is 25.1 Å². The number of hydrogen-bond donors (Lipinski definition) is 2. The number of nitrogens with one attached hydrogen (secondary N) is 1. The number of carbonyl (C=O) groups is 1. The summed E-state index contributed by atoms with van der Waals surface area (Å²) in [6, 6.07) is 6.32. The van der Waals surface area contributed by atoms with Crippen molar-refractivity contribution in [2.24, 2.45) is 0 Å². The molecule has 1 fully saturated rings. The molecule has 0 spiro atoms. The number of carboxylic acid groups (broad SMARTS) is 1. The molecule has 0 heterocycles. The molecule has 1 aliphatic rings. The second-order valence-electron chi connectivity index (χ2n) is 5.52. The topological polar surface area (TPSA) is 49.3 Å². The van der Waals surface area contributed by atoms with E-state index in [9.17, 15) is 14.3 Å². The zero-order chi connectivity index (χ0) is 14.6. The van der Waals surface area contributed by atoms with Gasteiger partial charge in [-0.15, -0.1) is 0 Å². The minimum absolute atomic E-state index is 0.152. The highest BCUT2D eigenvalue weighted by Gasteiger charge is 2.42. The number of rotatable bonds is 5. The van der Waals surface area contributed by atoms with Gasteiger partial charge in [-0.3, -0.25) is 5.32 Å². The summed E-state index contributed by atoms with van der Waals surface area (Å²) >= 11 is 0. The SMILES string of the molecule is CCC(NC1CCCCC1)(C(=O)O)c1ccccc1F. The Morgan fingerprint density at radius 1 is 1.35 bits per heavy atom. The maximum absolute atomic E-state index is 14.1. The van der Waals surface area contributed by atoms with E-state index < -0.39 is 17.3 Å². The van der Waals surface area contributed by atoms with Gasteiger partial charge in [0, 0.05) is 11.6 Å². The van der Waals surface area contributed by atoms with Gasteiger partial charge in [0.2, 0.25) is 0 Å². The van der Waals surface area contributed by atoms with Gasteiger partial charge in [-0.25, -0.2) is 9.18 Å². The predicted molar refractivity (Wildman–Crippen MR) is 76.0 cm³/mol. The minimum atomic E-state index is -1.33. The van der Waals surface area contributed by atoms with Crippen LogP contribution >= 0.6 is 0 Å². The summed E-state index contributed by atoms with van der Waals surface area (Å²) in [4.78, 5) is 11.8. The second kappa shape index (κ2) is 6.35. The summed E-state index contributed by atoms with van der Waals surface area (Å²) in [7, 11) is 0. The van der Waals surface area contributed by atoms with Gasteiger partial charge in [0.15, 0.2) is 0 Å². The lowest BCUT2D eigenvalue weighted by atomic mass is 9.84. The van der Waals surface area contributed by atoms with Crippen molar-refractivity contribution < 1.29 is 14.3 Å². The predicted octanol–water partition coefficient (Wildman–Crippen LogP) is 3.44. The average Bonchev–Trinajstić information content (AvgIpc) is 2.46. The van der Waals surface area contributed by atoms with Gasteiger partial charge in [0.1, 0.15) is 11.4 Å². The first-order valence-electron chi connectivity index (χ1n) is 7.36. The van der Waals surface area contributed by atoms with E-state index in [2.05, 4.69) is 5.32 Å². The highest BCUT2D eigenvalue weighted by molar-refractivity contribution is 5.81.